The molecule has 0 radical (unpaired) electrons. The van der Waals surface area contributed by atoms with E-state index in [2.05, 4.69) is 10.3 Å². The molecule has 0 unspecified atom stereocenters. The summed E-state index contributed by atoms with van der Waals surface area (Å²) in [5.74, 6) is -0.188. The Bertz CT molecular complexity index is 1180. The van der Waals surface area contributed by atoms with Gasteiger partial charge in [0, 0.05) is 12.1 Å². The maximum Gasteiger partial charge on any atom is 0.339 e. The second kappa shape index (κ2) is 9.40. The van der Waals surface area contributed by atoms with E-state index in [9.17, 15) is 9.59 Å². The number of para-hydroxylation sites is 1. The van der Waals surface area contributed by atoms with Crippen molar-refractivity contribution in [1.29, 1.82) is 0 Å². The number of hydrogen-bond donors (Lipinski definition) is 1. The lowest BCUT2D eigenvalue weighted by Gasteiger charge is -2.09. The van der Waals surface area contributed by atoms with Crippen LogP contribution in [-0.2, 0) is 16.1 Å². The molecule has 1 amide bonds. The molecule has 7 heteroatoms. The standard InChI is InChI=1S/C24H20N2O4S/c1-29-17-12-10-16(11-13-17)14-25-22(27)15-30-24(28)19-7-3-2-6-18(19)23-26-20-8-4-5-9-21(20)31-23/h2-13H,14-15H2,1H3,(H,25,27). The number of carbonyl (C=O) groups is 2. The summed E-state index contributed by atoms with van der Waals surface area (Å²) in [4.78, 5) is 29.4. The van der Waals surface area contributed by atoms with Crippen LogP contribution in [0.3, 0.4) is 0 Å². The van der Waals surface area contributed by atoms with Crippen LogP contribution in [0.15, 0.2) is 72.8 Å². The molecule has 3 aromatic carbocycles. The number of amides is 1. The minimum absolute atomic E-state index is 0.336. The number of methoxy groups -OCH3 is 1. The second-order valence-corrected chi connectivity index (χ2v) is 7.76. The molecule has 0 saturated carbocycles. The van der Waals surface area contributed by atoms with E-state index in [1.807, 2.05) is 60.7 Å². The van der Waals surface area contributed by atoms with Crippen molar-refractivity contribution in [3.05, 3.63) is 83.9 Å². The Hall–Kier alpha value is -3.71. The van der Waals surface area contributed by atoms with Crippen molar-refractivity contribution >= 4 is 33.4 Å². The SMILES string of the molecule is COc1ccc(CNC(=O)COC(=O)c2ccccc2-c2nc3ccccc3s2)cc1. The van der Waals surface area contributed by atoms with Gasteiger partial charge in [0.05, 0.1) is 22.9 Å². The van der Waals surface area contributed by atoms with Gasteiger partial charge in [-0.3, -0.25) is 4.79 Å². The molecule has 1 aromatic heterocycles. The van der Waals surface area contributed by atoms with Crippen LogP contribution in [0.4, 0.5) is 0 Å². The third-order valence-electron chi connectivity index (χ3n) is 4.65. The normalized spacial score (nSPS) is 10.6. The second-order valence-electron chi connectivity index (χ2n) is 6.73. The van der Waals surface area contributed by atoms with Gasteiger partial charge in [-0.25, -0.2) is 9.78 Å². The highest BCUT2D eigenvalue weighted by Gasteiger charge is 2.17. The van der Waals surface area contributed by atoms with Crippen LogP contribution in [-0.4, -0.2) is 30.6 Å². The molecule has 6 nitrogen and oxygen atoms in total. The first kappa shape index (κ1) is 20.6. The van der Waals surface area contributed by atoms with Gasteiger partial charge in [-0.05, 0) is 35.9 Å². The van der Waals surface area contributed by atoms with Crippen molar-refractivity contribution < 1.29 is 19.1 Å². The Balaban J connectivity index is 1.39. The summed E-state index contributed by atoms with van der Waals surface area (Å²) < 4.78 is 11.4. The van der Waals surface area contributed by atoms with E-state index >= 15 is 0 Å². The zero-order chi connectivity index (χ0) is 21.6. The zero-order valence-corrected chi connectivity index (χ0v) is 17.6. The molecule has 1 N–H and O–H groups in total. The number of ether oxygens (including phenoxy) is 2. The molecule has 1 heterocycles. The van der Waals surface area contributed by atoms with Crippen LogP contribution < -0.4 is 10.1 Å². The average Bonchev–Trinajstić information content (AvgIpc) is 3.25. The molecule has 0 atom stereocenters. The van der Waals surface area contributed by atoms with Crippen molar-refractivity contribution in [3.8, 4) is 16.3 Å². The molecule has 0 aliphatic heterocycles. The highest BCUT2D eigenvalue weighted by Crippen LogP contribution is 2.32. The van der Waals surface area contributed by atoms with Gasteiger partial charge >= 0.3 is 5.97 Å². The van der Waals surface area contributed by atoms with Crippen LogP contribution in [0, 0.1) is 0 Å². The maximum absolute atomic E-state index is 12.7. The van der Waals surface area contributed by atoms with Crippen LogP contribution in [0.5, 0.6) is 5.75 Å². The van der Waals surface area contributed by atoms with Crippen LogP contribution >= 0.6 is 11.3 Å². The summed E-state index contributed by atoms with van der Waals surface area (Å²) in [6.07, 6.45) is 0. The quantitative estimate of drug-likeness (QED) is 0.437. The van der Waals surface area contributed by atoms with Crippen molar-refractivity contribution in [2.45, 2.75) is 6.54 Å². The first-order valence-electron chi connectivity index (χ1n) is 9.66. The van der Waals surface area contributed by atoms with Gasteiger partial charge < -0.3 is 14.8 Å². The lowest BCUT2D eigenvalue weighted by atomic mass is 10.1. The van der Waals surface area contributed by atoms with Gasteiger partial charge in [0.25, 0.3) is 5.91 Å². The van der Waals surface area contributed by atoms with E-state index in [4.69, 9.17) is 9.47 Å². The molecule has 0 fully saturated rings. The Morgan fingerprint density at radius 2 is 1.71 bits per heavy atom. The van der Waals surface area contributed by atoms with E-state index in [-0.39, 0.29) is 12.5 Å². The van der Waals surface area contributed by atoms with Gasteiger partial charge in [0.15, 0.2) is 6.61 Å². The van der Waals surface area contributed by atoms with Gasteiger partial charge in [-0.2, -0.15) is 0 Å². The number of rotatable bonds is 7. The van der Waals surface area contributed by atoms with Gasteiger partial charge in [-0.1, -0.05) is 42.5 Å². The van der Waals surface area contributed by atoms with E-state index in [1.165, 1.54) is 11.3 Å². The predicted octanol–water partition coefficient (Wildman–Crippen LogP) is 4.45. The number of benzene rings is 3. The van der Waals surface area contributed by atoms with Crippen LogP contribution in [0.25, 0.3) is 20.8 Å². The van der Waals surface area contributed by atoms with Gasteiger partial charge in [0.1, 0.15) is 10.8 Å². The topological polar surface area (TPSA) is 77.5 Å². The molecule has 31 heavy (non-hydrogen) atoms. The Labute approximate surface area is 183 Å². The number of nitrogens with zero attached hydrogens (tertiary/aromatic N) is 1. The molecule has 0 spiro atoms. The monoisotopic (exact) mass is 432 g/mol. The van der Waals surface area contributed by atoms with Crippen LogP contribution in [0.2, 0.25) is 0 Å². The molecular formula is C24H20N2O4S. The largest absolute Gasteiger partial charge is 0.497 e. The lowest BCUT2D eigenvalue weighted by molar-refractivity contribution is -0.124. The summed E-state index contributed by atoms with van der Waals surface area (Å²) in [5, 5.41) is 3.47. The van der Waals surface area contributed by atoms with Gasteiger partial charge in [-0.15, -0.1) is 11.3 Å². The minimum atomic E-state index is -0.561. The van der Waals surface area contributed by atoms with Crippen molar-refractivity contribution in [1.82, 2.24) is 10.3 Å². The number of aromatic nitrogens is 1. The predicted molar refractivity (Wildman–Crippen MR) is 120 cm³/mol. The highest BCUT2D eigenvalue weighted by atomic mass is 32.1. The van der Waals surface area contributed by atoms with E-state index in [1.54, 1.807) is 19.2 Å². The third kappa shape index (κ3) is 4.90. The summed E-state index contributed by atoms with van der Waals surface area (Å²) in [6.45, 7) is -0.0220. The molecular weight excluding hydrogens is 412 g/mol. The minimum Gasteiger partial charge on any atom is -0.497 e. The van der Waals surface area contributed by atoms with Crippen LogP contribution in [0.1, 0.15) is 15.9 Å². The Morgan fingerprint density at radius 3 is 2.48 bits per heavy atom. The molecule has 4 rings (SSSR count). The van der Waals surface area contributed by atoms with Gasteiger partial charge in [0.2, 0.25) is 0 Å². The number of esters is 1. The summed E-state index contributed by atoms with van der Waals surface area (Å²) in [7, 11) is 1.60. The number of thiazole rings is 1. The van der Waals surface area contributed by atoms with E-state index in [0.717, 1.165) is 26.5 Å². The van der Waals surface area contributed by atoms with E-state index in [0.29, 0.717) is 17.7 Å². The molecule has 4 aromatic rings. The third-order valence-corrected chi connectivity index (χ3v) is 5.72. The number of nitrogens with one attached hydrogen (secondary N) is 1. The molecule has 0 aliphatic carbocycles. The van der Waals surface area contributed by atoms with E-state index < -0.39 is 5.97 Å². The fraction of sp³-hybridized carbons (Fsp3) is 0.125. The van der Waals surface area contributed by atoms with Crippen molar-refractivity contribution in [2.24, 2.45) is 0 Å². The molecule has 156 valence electrons. The van der Waals surface area contributed by atoms with Crippen molar-refractivity contribution in [2.75, 3.05) is 13.7 Å². The average molecular weight is 433 g/mol. The summed E-state index contributed by atoms with van der Waals surface area (Å²) >= 11 is 1.51. The summed E-state index contributed by atoms with van der Waals surface area (Å²) in [5.41, 5.74) is 2.86. The molecule has 0 saturated heterocycles. The fourth-order valence-corrected chi connectivity index (χ4v) is 4.04. The number of hydrogen-bond acceptors (Lipinski definition) is 6. The highest BCUT2D eigenvalue weighted by molar-refractivity contribution is 7.21. The molecule has 0 aliphatic rings. The maximum atomic E-state index is 12.7. The fourth-order valence-electron chi connectivity index (χ4n) is 3.04. The summed E-state index contributed by atoms with van der Waals surface area (Å²) in [6, 6.07) is 22.3. The smallest absolute Gasteiger partial charge is 0.339 e. The molecule has 0 bridgehead atoms. The van der Waals surface area contributed by atoms with Crippen molar-refractivity contribution in [3.63, 3.8) is 0 Å². The Kier molecular flexibility index (Phi) is 6.24. The first-order valence-corrected chi connectivity index (χ1v) is 10.5. The Morgan fingerprint density at radius 1 is 0.968 bits per heavy atom. The number of fused-ring (bicyclic) bond motifs is 1. The number of carbonyl (C=O) groups excluding carboxylic acids is 2. The first-order chi connectivity index (χ1) is 15.1. The lowest BCUT2D eigenvalue weighted by Crippen LogP contribution is -2.28. The zero-order valence-electron chi connectivity index (χ0n) is 16.8.